The van der Waals surface area contributed by atoms with Crippen LogP contribution in [0.4, 0.5) is 19.4 Å². The van der Waals surface area contributed by atoms with Gasteiger partial charge in [0.1, 0.15) is 16.4 Å². The first-order valence-electron chi connectivity index (χ1n) is 7.01. The van der Waals surface area contributed by atoms with Crippen LogP contribution >= 0.6 is 10.2 Å². The normalized spacial score (nSPS) is 16.3. The van der Waals surface area contributed by atoms with Gasteiger partial charge < -0.3 is 4.74 Å². The summed E-state index contributed by atoms with van der Waals surface area (Å²) in [7, 11) is -9.63. The van der Waals surface area contributed by atoms with E-state index >= 15 is 0 Å². The summed E-state index contributed by atoms with van der Waals surface area (Å²) in [6.45, 7) is 4.14. The first kappa shape index (κ1) is 17.6. The largest absolute Gasteiger partial charge is 0.457 e. The van der Waals surface area contributed by atoms with Crippen molar-refractivity contribution in [1.29, 1.82) is 0 Å². The average Bonchev–Trinajstić information content (AvgIpc) is 2.45. The van der Waals surface area contributed by atoms with Crippen LogP contribution in [-0.2, 0) is 0 Å². The Hall–Kier alpha value is -1.76. The molecule has 0 radical (unpaired) electrons. The minimum atomic E-state index is -9.63. The van der Waals surface area contributed by atoms with Crippen molar-refractivity contribution in [3.8, 4) is 11.5 Å². The first-order chi connectivity index (χ1) is 10.4. The molecular formula is C16H17F5OS. The second kappa shape index (κ2) is 5.12. The average molecular weight is 352 g/mol. The van der Waals surface area contributed by atoms with Gasteiger partial charge in [-0.15, -0.1) is 0 Å². The van der Waals surface area contributed by atoms with Crippen LogP contribution in [0, 0.1) is 0 Å². The van der Waals surface area contributed by atoms with Crippen LogP contribution in [0.2, 0.25) is 0 Å². The second-order valence-electron chi connectivity index (χ2n) is 5.42. The fourth-order valence-corrected chi connectivity index (χ4v) is 2.65. The molecule has 2 rings (SSSR count). The van der Waals surface area contributed by atoms with Gasteiger partial charge in [-0.1, -0.05) is 45.4 Å². The Labute approximate surface area is 131 Å². The van der Waals surface area contributed by atoms with Crippen molar-refractivity contribution in [2.75, 3.05) is 0 Å². The van der Waals surface area contributed by atoms with Crippen molar-refractivity contribution >= 4 is 10.2 Å². The van der Waals surface area contributed by atoms with Gasteiger partial charge >= 0.3 is 10.2 Å². The maximum atomic E-state index is 12.6. The highest BCUT2D eigenvalue weighted by atomic mass is 32.5. The van der Waals surface area contributed by atoms with Gasteiger partial charge in [0.25, 0.3) is 0 Å². The van der Waals surface area contributed by atoms with Crippen LogP contribution in [0.15, 0.2) is 53.4 Å². The molecule has 128 valence electrons. The molecule has 0 saturated carbocycles. The smallest absolute Gasteiger partial charge is 0.310 e. The molecule has 0 aromatic heterocycles. The molecule has 0 heterocycles. The molecule has 2 aromatic carbocycles. The fourth-order valence-electron chi connectivity index (χ4n) is 2.00. The highest BCUT2D eigenvalue weighted by Crippen LogP contribution is 3.02. The number of hydrogen-bond acceptors (Lipinski definition) is 1. The number of ether oxygens (including phenoxy) is 1. The maximum absolute atomic E-state index is 12.6. The van der Waals surface area contributed by atoms with Crippen molar-refractivity contribution in [3.63, 3.8) is 0 Å². The van der Waals surface area contributed by atoms with E-state index in [0.717, 1.165) is 24.1 Å². The Bertz CT molecular complexity index is 677. The predicted molar refractivity (Wildman–Crippen MR) is 83.1 cm³/mol. The Kier molecular flexibility index (Phi) is 3.92. The molecule has 1 atom stereocenters. The fraction of sp³-hybridized carbons (Fsp3) is 0.250. The third-order valence-electron chi connectivity index (χ3n) is 3.57. The molecule has 7 heteroatoms. The molecule has 1 unspecified atom stereocenters. The lowest BCUT2D eigenvalue weighted by Gasteiger charge is -2.40. The number of hydrogen-bond donors (Lipinski definition) is 0. The summed E-state index contributed by atoms with van der Waals surface area (Å²) in [4.78, 5) is -1.93. The molecule has 23 heavy (non-hydrogen) atoms. The lowest BCUT2D eigenvalue weighted by Crippen LogP contribution is -2.05. The van der Waals surface area contributed by atoms with Gasteiger partial charge in [-0.05, 0) is 54.3 Å². The summed E-state index contributed by atoms with van der Waals surface area (Å²) < 4.78 is 68.5. The summed E-state index contributed by atoms with van der Waals surface area (Å²) in [6, 6.07) is 9.57. The standard InChI is InChI=1S/C16H17F5OS/c1-3-12(2)13-4-6-14(7-5-13)22-15-8-10-16(11-9-15)23(17,18,19,20)21/h4-12H,3H2,1-2H3. The van der Waals surface area contributed by atoms with E-state index < -0.39 is 15.1 Å². The SMILES string of the molecule is CCC(C)c1ccc(Oc2ccc(S(F)(F)(F)(F)F)cc2)cc1. The Balaban J connectivity index is 2.16. The van der Waals surface area contributed by atoms with Crippen molar-refractivity contribution < 1.29 is 24.2 Å². The van der Waals surface area contributed by atoms with Gasteiger partial charge in [0.05, 0.1) is 0 Å². The van der Waals surface area contributed by atoms with Crippen LogP contribution in [0.1, 0.15) is 31.7 Å². The summed E-state index contributed by atoms with van der Waals surface area (Å²) in [5.74, 6) is 0.879. The second-order valence-corrected chi connectivity index (χ2v) is 7.83. The highest BCUT2D eigenvalue weighted by Gasteiger charge is 2.65. The van der Waals surface area contributed by atoms with E-state index in [4.69, 9.17) is 4.74 Å². The Morgan fingerprint density at radius 1 is 0.826 bits per heavy atom. The molecule has 0 fully saturated rings. The van der Waals surface area contributed by atoms with Gasteiger partial charge in [0.2, 0.25) is 0 Å². The topological polar surface area (TPSA) is 9.23 Å². The third kappa shape index (κ3) is 4.60. The van der Waals surface area contributed by atoms with Crippen LogP contribution < -0.4 is 4.74 Å². The predicted octanol–water partition coefficient (Wildman–Crippen LogP) is 7.65. The van der Waals surface area contributed by atoms with Gasteiger partial charge in [-0.2, -0.15) is 0 Å². The minimum Gasteiger partial charge on any atom is -0.457 e. The molecule has 1 nitrogen and oxygen atoms in total. The quantitative estimate of drug-likeness (QED) is 0.502. The van der Waals surface area contributed by atoms with Crippen LogP contribution in [0.25, 0.3) is 0 Å². The van der Waals surface area contributed by atoms with E-state index in [2.05, 4.69) is 13.8 Å². The van der Waals surface area contributed by atoms with Crippen LogP contribution in [-0.4, -0.2) is 0 Å². The Morgan fingerprint density at radius 2 is 1.26 bits per heavy atom. The van der Waals surface area contributed by atoms with Crippen LogP contribution in [0.5, 0.6) is 11.5 Å². The number of benzene rings is 2. The molecule has 0 N–H and O–H groups in total. The van der Waals surface area contributed by atoms with Gasteiger partial charge in [-0.25, -0.2) is 0 Å². The molecule has 0 aliphatic heterocycles. The molecule has 2 aromatic rings. The van der Waals surface area contributed by atoms with E-state index in [-0.39, 0.29) is 5.75 Å². The lowest BCUT2D eigenvalue weighted by atomic mass is 9.99. The molecule has 0 aliphatic carbocycles. The molecule has 0 aliphatic rings. The molecule has 0 spiro atoms. The third-order valence-corrected chi connectivity index (χ3v) is 4.73. The summed E-state index contributed by atoms with van der Waals surface area (Å²) in [5.41, 5.74) is 1.12. The first-order valence-corrected chi connectivity index (χ1v) is 8.96. The zero-order chi connectivity index (χ0) is 17.4. The van der Waals surface area contributed by atoms with Crippen molar-refractivity contribution in [2.24, 2.45) is 0 Å². The minimum absolute atomic E-state index is 0.0619. The number of halogens is 5. The summed E-state index contributed by atoms with van der Waals surface area (Å²) in [6.07, 6.45) is 0.982. The molecule has 0 saturated heterocycles. The van der Waals surface area contributed by atoms with Gasteiger partial charge in [-0.3, -0.25) is 0 Å². The molecule has 0 amide bonds. The van der Waals surface area contributed by atoms with Crippen molar-refractivity contribution in [2.45, 2.75) is 31.1 Å². The van der Waals surface area contributed by atoms with E-state index in [1.54, 1.807) is 12.1 Å². The summed E-state index contributed by atoms with van der Waals surface area (Å²) in [5, 5.41) is 0. The number of rotatable bonds is 5. The van der Waals surface area contributed by atoms with Crippen molar-refractivity contribution in [1.82, 2.24) is 0 Å². The zero-order valence-electron chi connectivity index (χ0n) is 12.6. The van der Waals surface area contributed by atoms with E-state index in [1.165, 1.54) is 0 Å². The van der Waals surface area contributed by atoms with E-state index in [9.17, 15) is 19.4 Å². The van der Waals surface area contributed by atoms with Gasteiger partial charge in [0.15, 0.2) is 0 Å². The Morgan fingerprint density at radius 3 is 1.65 bits per heavy atom. The van der Waals surface area contributed by atoms with Gasteiger partial charge in [0, 0.05) is 0 Å². The van der Waals surface area contributed by atoms with E-state index in [0.29, 0.717) is 23.8 Å². The monoisotopic (exact) mass is 352 g/mol. The van der Waals surface area contributed by atoms with Crippen LogP contribution in [0.3, 0.4) is 0 Å². The highest BCUT2D eigenvalue weighted by molar-refractivity contribution is 8.45. The van der Waals surface area contributed by atoms with Crippen molar-refractivity contribution in [3.05, 3.63) is 54.1 Å². The van der Waals surface area contributed by atoms with E-state index in [1.807, 2.05) is 12.1 Å². The molecule has 0 bridgehead atoms. The lowest BCUT2D eigenvalue weighted by molar-refractivity contribution is 0.364. The summed E-state index contributed by atoms with van der Waals surface area (Å²) >= 11 is 0. The molecular weight excluding hydrogens is 335 g/mol. The maximum Gasteiger partial charge on any atom is 0.310 e. The zero-order valence-corrected chi connectivity index (χ0v) is 13.4.